The number of rotatable bonds is 9. The summed E-state index contributed by atoms with van der Waals surface area (Å²) in [5, 5.41) is 0. The molecule has 1 amide bonds. The minimum absolute atomic E-state index is 0.0164. The zero-order chi connectivity index (χ0) is 21.5. The molecule has 158 valence electrons. The van der Waals surface area contributed by atoms with Crippen molar-refractivity contribution in [1.82, 2.24) is 4.90 Å². The summed E-state index contributed by atoms with van der Waals surface area (Å²) in [6.07, 6.45) is 1.62. The molecule has 5 nitrogen and oxygen atoms in total. The quantitative estimate of drug-likeness (QED) is 0.497. The number of carbonyl (C=O) groups is 1. The van der Waals surface area contributed by atoms with E-state index in [9.17, 15) is 4.79 Å². The molecule has 5 heteroatoms. The van der Waals surface area contributed by atoms with Gasteiger partial charge in [-0.05, 0) is 53.4 Å². The second kappa shape index (κ2) is 10.0. The lowest BCUT2D eigenvalue weighted by Gasteiger charge is -2.22. The van der Waals surface area contributed by atoms with E-state index in [2.05, 4.69) is 26.0 Å². The topological polar surface area (TPSA) is 45.9 Å². The van der Waals surface area contributed by atoms with Crippen LogP contribution < -0.4 is 9.64 Å². The summed E-state index contributed by atoms with van der Waals surface area (Å²) in [5.41, 5.74) is 3.42. The zero-order valence-electron chi connectivity index (χ0n) is 18.2. The number of benzene rings is 2. The highest BCUT2D eigenvalue weighted by Gasteiger charge is 2.17. The number of anilines is 1. The van der Waals surface area contributed by atoms with Crippen molar-refractivity contribution in [2.45, 2.75) is 32.9 Å². The first kappa shape index (κ1) is 21.5. The molecule has 0 unspecified atom stereocenters. The van der Waals surface area contributed by atoms with Crippen LogP contribution in [0.1, 0.15) is 36.7 Å². The summed E-state index contributed by atoms with van der Waals surface area (Å²) in [6.45, 7) is 5.17. The van der Waals surface area contributed by atoms with Gasteiger partial charge in [0.25, 0.3) is 5.91 Å². The monoisotopic (exact) mass is 406 g/mol. The summed E-state index contributed by atoms with van der Waals surface area (Å²) >= 11 is 0. The van der Waals surface area contributed by atoms with Crippen LogP contribution in [0, 0.1) is 0 Å². The molecule has 0 aliphatic heterocycles. The molecule has 0 fully saturated rings. The fourth-order valence-corrected chi connectivity index (χ4v) is 3.13. The molecule has 0 spiro atoms. The number of amides is 1. The van der Waals surface area contributed by atoms with Crippen LogP contribution in [0.4, 0.5) is 5.69 Å². The Hall–Kier alpha value is -3.21. The fraction of sp³-hybridized carbons (Fsp3) is 0.320. The van der Waals surface area contributed by atoms with Gasteiger partial charge in [-0.3, -0.25) is 4.79 Å². The Bertz CT molecular complexity index is 914. The average molecular weight is 407 g/mol. The zero-order valence-corrected chi connectivity index (χ0v) is 18.2. The van der Waals surface area contributed by atoms with Crippen LogP contribution in [0.3, 0.4) is 0 Å². The fourth-order valence-electron chi connectivity index (χ4n) is 3.13. The van der Waals surface area contributed by atoms with E-state index in [0.29, 0.717) is 24.8 Å². The predicted octanol–water partition coefficient (Wildman–Crippen LogP) is 5.08. The molecular weight excluding hydrogens is 376 g/mol. The molecule has 0 radical (unpaired) electrons. The van der Waals surface area contributed by atoms with E-state index in [0.717, 1.165) is 17.0 Å². The maximum absolute atomic E-state index is 12.9. The first-order chi connectivity index (χ1) is 14.4. The molecule has 0 saturated heterocycles. The van der Waals surface area contributed by atoms with E-state index in [-0.39, 0.29) is 12.5 Å². The van der Waals surface area contributed by atoms with Crippen molar-refractivity contribution in [2.24, 2.45) is 0 Å². The van der Waals surface area contributed by atoms with E-state index >= 15 is 0 Å². The molecule has 2 aromatic carbocycles. The number of carbonyl (C=O) groups excluding carboxylic acids is 1. The predicted molar refractivity (Wildman–Crippen MR) is 120 cm³/mol. The van der Waals surface area contributed by atoms with Crippen molar-refractivity contribution < 1.29 is 13.9 Å². The second-order valence-electron chi connectivity index (χ2n) is 7.90. The maximum Gasteiger partial charge on any atom is 0.261 e. The summed E-state index contributed by atoms with van der Waals surface area (Å²) in [4.78, 5) is 16.8. The number of ether oxygens (including phenoxy) is 1. The van der Waals surface area contributed by atoms with Gasteiger partial charge >= 0.3 is 0 Å². The molecule has 0 aliphatic carbocycles. The van der Waals surface area contributed by atoms with Crippen molar-refractivity contribution in [3.05, 3.63) is 83.8 Å². The summed E-state index contributed by atoms with van der Waals surface area (Å²) in [7, 11) is 4.01. The number of furan rings is 1. The highest BCUT2D eigenvalue weighted by atomic mass is 16.5. The molecule has 0 atom stereocenters. The second-order valence-corrected chi connectivity index (χ2v) is 7.90. The maximum atomic E-state index is 12.9. The van der Waals surface area contributed by atoms with Gasteiger partial charge in [-0.2, -0.15) is 0 Å². The Morgan fingerprint density at radius 1 is 0.967 bits per heavy atom. The Morgan fingerprint density at radius 2 is 1.67 bits per heavy atom. The van der Waals surface area contributed by atoms with E-state index in [4.69, 9.17) is 9.15 Å². The molecule has 1 heterocycles. The Kier molecular flexibility index (Phi) is 7.17. The average Bonchev–Trinajstić information content (AvgIpc) is 3.25. The number of nitrogens with zero attached hydrogens (tertiary/aromatic N) is 2. The molecule has 1 aromatic heterocycles. The van der Waals surface area contributed by atoms with Gasteiger partial charge in [0.2, 0.25) is 0 Å². The van der Waals surface area contributed by atoms with Crippen LogP contribution in [-0.2, 0) is 17.9 Å². The Balaban J connectivity index is 1.66. The summed E-state index contributed by atoms with van der Waals surface area (Å²) < 4.78 is 11.2. The van der Waals surface area contributed by atoms with E-state index in [1.807, 2.05) is 67.5 Å². The lowest BCUT2D eigenvalue weighted by molar-refractivity contribution is -0.134. The van der Waals surface area contributed by atoms with E-state index in [1.165, 1.54) is 5.56 Å². The van der Waals surface area contributed by atoms with Gasteiger partial charge in [0.05, 0.1) is 12.8 Å². The summed E-state index contributed by atoms with van der Waals surface area (Å²) in [5.74, 6) is 1.81. The smallest absolute Gasteiger partial charge is 0.261 e. The van der Waals surface area contributed by atoms with Gasteiger partial charge in [0.15, 0.2) is 6.61 Å². The van der Waals surface area contributed by atoms with Gasteiger partial charge < -0.3 is 19.0 Å². The molecular formula is C25H30N2O3. The van der Waals surface area contributed by atoms with Crippen molar-refractivity contribution in [3.8, 4) is 5.75 Å². The SMILES string of the molecule is CC(C)c1ccc(OCC(=O)N(Cc2ccc(N(C)C)cc2)Cc2ccco2)cc1. The standard InChI is InChI=1S/C25H30N2O3/c1-19(2)21-9-13-23(14-10-21)30-18-25(28)27(17-24-6-5-15-29-24)16-20-7-11-22(12-8-20)26(3)4/h5-15,19H,16-18H2,1-4H3. The minimum Gasteiger partial charge on any atom is -0.484 e. The highest BCUT2D eigenvalue weighted by molar-refractivity contribution is 5.77. The lowest BCUT2D eigenvalue weighted by atomic mass is 10.0. The number of hydrogen-bond donors (Lipinski definition) is 0. The first-order valence-corrected chi connectivity index (χ1v) is 10.2. The summed E-state index contributed by atoms with van der Waals surface area (Å²) in [6, 6.07) is 19.8. The van der Waals surface area contributed by atoms with Crippen LogP contribution in [0.5, 0.6) is 5.75 Å². The van der Waals surface area contributed by atoms with Gasteiger partial charge in [-0.15, -0.1) is 0 Å². The molecule has 0 bridgehead atoms. The van der Waals surface area contributed by atoms with Crippen molar-refractivity contribution in [3.63, 3.8) is 0 Å². The van der Waals surface area contributed by atoms with Gasteiger partial charge in [0, 0.05) is 26.3 Å². The van der Waals surface area contributed by atoms with Gasteiger partial charge in [-0.25, -0.2) is 0 Å². The van der Waals surface area contributed by atoms with Crippen LogP contribution in [0.2, 0.25) is 0 Å². The number of hydrogen-bond acceptors (Lipinski definition) is 4. The largest absolute Gasteiger partial charge is 0.484 e. The molecule has 30 heavy (non-hydrogen) atoms. The van der Waals surface area contributed by atoms with Crippen LogP contribution in [-0.4, -0.2) is 31.5 Å². The van der Waals surface area contributed by atoms with Crippen molar-refractivity contribution in [2.75, 3.05) is 25.6 Å². The molecule has 0 N–H and O–H groups in total. The third-order valence-electron chi connectivity index (χ3n) is 5.01. The van der Waals surface area contributed by atoms with Crippen molar-refractivity contribution >= 4 is 11.6 Å². The molecule has 0 aliphatic rings. The molecule has 3 aromatic rings. The Morgan fingerprint density at radius 3 is 2.23 bits per heavy atom. The molecule has 3 rings (SSSR count). The highest BCUT2D eigenvalue weighted by Crippen LogP contribution is 2.19. The van der Waals surface area contributed by atoms with Crippen LogP contribution in [0.15, 0.2) is 71.3 Å². The lowest BCUT2D eigenvalue weighted by Crippen LogP contribution is -2.34. The third kappa shape index (κ3) is 5.89. The minimum atomic E-state index is -0.0870. The normalized spacial score (nSPS) is 10.8. The van der Waals surface area contributed by atoms with E-state index in [1.54, 1.807) is 11.2 Å². The Labute approximate surface area is 178 Å². The van der Waals surface area contributed by atoms with Gasteiger partial charge in [0.1, 0.15) is 11.5 Å². The van der Waals surface area contributed by atoms with Gasteiger partial charge in [-0.1, -0.05) is 38.1 Å². The first-order valence-electron chi connectivity index (χ1n) is 10.2. The molecule has 0 saturated carbocycles. The van der Waals surface area contributed by atoms with Crippen molar-refractivity contribution in [1.29, 1.82) is 0 Å². The third-order valence-corrected chi connectivity index (χ3v) is 5.01. The van der Waals surface area contributed by atoms with E-state index < -0.39 is 0 Å². The van der Waals surface area contributed by atoms with Crippen LogP contribution >= 0.6 is 0 Å². The van der Waals surface area contributed by atoms with Crippen LogP contribution in [0.25, 0.3) is 0 Å².